The number of carbonyl (C=O) groups excluding carboxylic acids is 1. The van der Waals surface area contributed by atoms with Gasteiger partial charge in [0.25, 0.3) is 0 Å². The van der Waals surface area contributed by atoms with Gasteiger partial charge < -0.3 is 10.2 Å². The Hall–Kier alpha value is -2.86. The summed E-state index contributed by atoms with van der Waals surface area (Å²) in [7, 11) is 0. The van der Waals surface area contributed by atoms with Crippen LogP contribution in [0.2, 0.25) is 0 Å². The van der Waals surface area contributed by atoms with E-state index < -0.39 is 5.41 Å². The summed E-state index contributed by atoms with van der Waals surface area (Å²) >= 11 is 0. The molecule has 1 fully saturated rings. The van der Waals surface area contributed by atoms with Crippen LogP contribution in [0.15, 0.2) is 52.4 Å². The van der Waals surface area contributed by atoms with Crippen LogP contribution in [-0.2, 0) is 16.8 Å². The first-order chi connectivity index (χ1) is 13.6. The molecular formula is C22H21FN4O. The second-order valence-electron chi connectivity index (χ2n) is 7.65. The summed E-state index contributed by atoms with van der Waals surface area (Å²) < 4.78 is 14.9. The smallest absolute Gasteiger partial charge is 0.239 e. The van der Waals surface area contributed by atoms with Gasteiger partial charge in [-0.2, -0.15) is 0 Å². The van der Waals surface area contributed by atoms with Crippen molar-refractivity contribution in [3.8, 4) is 0 Å². The Bertz CT molecular complexity index is 1020. The van der Waals surface area contributed by atoms with Gasteiger partial charge in [-0.15, -0.1) is 0 Å². The Morgan fingerprint density at radius 3 is 2.86 bits per heavy atom. The van der Waals surface area contributed by atoms with Crippen LogP contribution in [0.3, 0.4) is 0 Å². The van der Waals surface area contributed by atoms with Crippen molar-refractivity contribution in [2.24, 2.45) is 9.98 Å². The van der Waals surface area contributed by atoms with E-state index in [1.54, 1.807) is 17.2 Å². The quantitative estimate of drug-likeness (QED) is 0.896. The Kier molecular flexibility index (Phi) is 3.91. The van der Waals surface area contributed by atoms with E-state index in [-0.39, 0.29) is 24.4 Å². The van der Waals surface area contributed by atoms with Crippen molar-refractivity contribution in [1.29, 1.82) is 0 Å². The molecule has 1 spiro atoms. The number of hydrogen-bond donors (Lipinski definition) is 1. The first-order valence-corrected chi connectivity index (χ1v) is 9.60. The summed E-state index contributed by atoms with van der Waals surface area (Å²) in [6.45, 7) is 3.57. The van der Waals surface area contributed by atoms with Crippen molar-refractivity contribution in [1.82, 2.24) is 5.32 Å². The van der Waals surface area contributed by atoms with Gasteiger partial charge in [0.2, 0.25) is 5.91 Å². The van der Waals surface area contributed by atoms with E-state index in [2.05, 4.69) is 15.3 Å². The lowest BCUT2D eigenvalue weighted by Gasteiger charge is -2.23. The lowest BCUT2D eigenvalue weighted by atomic mass is 9.81. The van der Waals surface area contributed by atoms with Crippen LogP contribution >= 0.6 is 0 Å². The molecule has 2 unspecified atom stereocenters. The molecule has 2 atom stereocenters. The van der Waals surface area contributed by atoms with Crippen LogP contribution in [0.5, 0.6) is 0 Å². The zero-order valence-corrected chi connectivity index (χ0v) is 15.7. The average Bonchev–Trinajstić information content (AvgIpc) is 3.41. The second-order valence-corrected chi connectivity index (χ2v) is 7.65. The molecule has 3 aliphatic heterocycles. The van der Waals surface area contributed by atoms with Gasteiger partial charge in [-0.25, -0.2) is 4.39 Å². The minimum absolute atomic E-state index is 0.0586. The molecule has 1 saturated heterocycles. The largest absolute Gasteiger partial charge is 0.315 e. The molecule has 28 heavy (non-hydrogen) atoms. The van der Waals surface area contributed by atoms with Crippen LogP contribution in [0.25, 0.3) is 0 Å². The maximum absolute atomic E-state index is 14.9. The van der Waals surface area contributed by atoms with Gasteiger partial charge in [-0.05, 0) is 37.6 Å². The van der Waals surface area contributed by atoms with Crippen LogP contribution < -0.4 is 10.2 Å². The van der Waals surface area contributed by atoms with Gasteiger partial charge >= 0.3 is 0 Å². The number of aliphatic imine (C=N–C) groups is 2. The van der Waals surface area contributed by atoms with Gasteiger partial charge in [-0.1, -0.05) is 30.3 Å². The van der Waals surface area contributed by atoms with E-state index in [1.807, 2.05) is 37.3 Å². The molecule has 0 bridgehead atoms. The minimum Gasteiger partial charge on any atom is -0.315 e. The lowest BCUT2D eigenvalue weighted by Crippen LogP contribution is -2.41. The van der Waals surface area contributed by atoms with Crippen molar-refractivity contribution in [3.63, 3.8) is 0 Å². The van der Waals surface area contributed by atoms with E-state index in [0.29, 0.717) is 23.4 Å². The number of fused-ring (bicyclic) bond motifs is 2. The molecule has 3 heterocycles. The fraction of sp³-hybridized carbons (Fsp3) is 0.318. The minimum atomic E-state index is -0.516. The van der Waals surface area contributed by atoms with Crippen LogP contribution in [0, 0.1) is 5.82 Å². The molecule has 2 aromatic rings. The first kappa shape index (κ1) is 17.3. The number of amides is 1. The predicted octanol–water partition coefficient (Wildman–Crippen LogP) is 2.82. The fourth-order valence-corrected chi connectivity index (χ4v) is 4.46. The lowest BCUT2D eigenvalue weighted by molar-refractivity contribution is -0.122. The standard InChI is InChI=1S/C22H21FN4O/c1-14-25-11-19(26-14)15-6-7-16(18(23)10-15)12-27-20-5-3-2-4-17(20)22(21(27)28)8-9-24-13-22/h2-7,10-11,14,24H,8-9,12-13H2,1H3. The Labute approximate surface area is 163 Å². The fourth-order valence-electron chi connectivity index (χ4n) is 4.46. The Morgan fingerprint density at radius 2 is 2.14 bits per heavy atom. The highest BCUT2D eigenvalue weighted by Gasteiger charge is 2.52. The molecule has 0 aromatic heterocycles. The molecule has 5 nitrogen and oxygen atoms in total. The molecule has 142 valence electrons. The van der Waals surface area contributed by atoms with Gasteiger partial charge in [0.15, 0.2) is 0 Å². The van der Waals surface area contributed by atoms with Crippen LogP contribution in [0.4, 0.5) is 10.1 Å². The van der Waals surface area contributed by atoms with Gasteiger partial charge in [0.1, 0.15) is 12.0 Å². The summed E-state index contributed by atoms with van der Waals surface area (Å²) in [5.41, 5.74) is 3.32. The molecule has 0 saturated carbocycles. The zero-order chi connectivity index (χ0) is 19.3. The summed E-state index contributed by atoms with van der Waals surface area (Å²) in [6, 6.07) is 13.0. The summed E-state index contributed by atoms with van der Waals surface area (Å²) in [6.07, 6.45) is 2.33. The van der Waals surface area contributed by atoms with E-state index in [0.717, 1.165) is 24.2 Å². The van der Waals surface area contributed by atoms with Gasteiger partial charge in [0.05, 0.1) is 17.7 Å². The first-order valence-electron chi connectivity index (χ1n) is 9.60. The summed E-state index contributed by atoms with van der Waals surface area (Å²) in [4.78, 5) is 23.6. The molecule has 2 aromatic carbocycles. The molecule has 3 aliphatic rings. The van der Waals surface area contributed by atoms with Crippen molar-refractivity contribution in [3.05, 3.63) is 65.0 Å². The third-order valence-electron chi connectivity index (χ3n) is 5.94. The van der Waals surface area contributed by atoms with E-state index >= 15 is 0 Å². The van der Waals surface area contributed by atoms with E-state index in [1.165, 1.54) is 6.07 Å². The number of anilines is 1. The van der Waals surface area contributed by atoms with Crippen molar-refractivity contribution in [2.75, 3.05) is 18.0 Å². The second kappa shape index (κ2) is 6.34. The molecule has 1 N–H and O–H groups in total. The number of halogens is 1. The molecule has 0 radical (unpaired) electrons. The number of hydrogen-bond acceptors (Lipinski definition) is 4. The Balaban J connectivity index is 1.47. The third-order valence-corrected chi connectivity index (χ3v) is 5.94. The van der Waals surface area contributed by atoms with E-state index in [9.17, 15) is 9.18 Å². The molecule has 6 heteroatoms. The third kappa shape index (κ3) is 2.52. The number of para-hydroxylation sites is 1. The number of nitrogens with one attached hydrogen (secondary N) is 1. The number of carbonyl (C=O) groups is 1. The zero-order valence-electron chi connectivity index (χ0n) is 15.7. The maximum Gasteiger partial charge on any atom is 0.239 e. The monoisotopic (exact) mass is 376 g/mol. The van der Waals surface area contributed by atoms with E-state index in [4.69, 9.17) is 0 Å². The maximum atomic E-state index is 14.9. The summed E-state index contributed by atoms with van der Waals surface area (Å²) in [5, 5.41) is 3.32. The predicted molar refractivity (Wildman–Crippen MR) is 108 cm³/mol. The van der Waals surface area contributed by atoms with Crippen LogP contribution in [-0.4, -0.2) is 37.1 Å². The molecule has 1 amide bonds. The van der Waals surface area contributed by atoms with Crippen molar-refractivity contribution in [2.45, 2.75) is 31.5 Å². The number of nitrogens with zero attached hydrogens (tertiary/aromatic N) is 3. The summed E-state index contributed by atoms with van der Waals surface area (Å²) in [5.74, 6) is -0.271. The SMILES string of the molecule is CC1N=CC(c2ccc(CN3C(=O)C4(CCNC4)c4ccccc43)c(F)c2)=N1. The topological polar surface area (TPSA) is 57.1 Å². The number of rotatable bonds is 3. The molecule has 0 aliphatic carbocycles. The van der Waals surface area contributed by atoms with Crippen molar-refractivity contribution >= 4 is 23.5 Å². The van der Waals surface area contributed by atoms with Crippen LogP contribution in [0.1, 0.15) is 30.0 Å². The normalized spacial score (nSPS) is 25.6. The molecule has 5 rings (SSSR count). The van der Waals surface area contributed by atoms with Crippen molar-refractivity contribution < 1.29 is 9.18 Å². The highest BCUT2D eigenvalue weighted by Crippen LogP contribution is 2.45. The highest BCUT2D eigenvalue weighted by molar-refractivity contribution is 6.39. The molecular weight excluding hydrogens is 355 g/mol. The number of benzene rings is 2. The van der Waals surface area contributed by atoms with Gasteiger partial charge in [-0.3, -0.25) is 14.8 Å². The van der Waals surface area contributed by atoms with Gasteiger partial charge in [0, 0.05) is 29.6 Å². The Morgan fingerprint density at radius 1 is 1.29 bits per heavy atom. The highest BCUT2D eigenvalue weighted by atomic mass is 19.1. The average molecular weight is 376 g/mol.